The summed E-state index contributed by atoms with van der Waals surface area (Å²) >= 11 is 6.13. The Morgan fingerprint density at radius 3 is 2.73 bits per heavy atom. The molecule has 0 aromatic heterocycles. The Hall–Kier alpha value is -1.60. The third-order valence-electron chi connectivity index (χ3n) is 4.02. The van der Waals surface area contributed by atoms with Crippen molar-refractivity contribution in [2.45, 2.75) is 19.4 Å². The topological polar surface area (TPSA) is 83.6 Å². The van der Waals surface area contributed by atoms with Crippen LogP contribution in [0.2, 0.25) is 5.02 Å². The zero-order valence-corrected chi connectivity index (χ0v) is 13.4. The largest absolute Gasteiger partial charge is 0.325 e. The van der Waals surface area contributed by atoms with Crippen LogP contribution in [0.1, 0.15) is 13.3 Å². The van der Waals surface area contributed by atoms with Crippen LogP contribution < -0.4 is 10.2 Å². The van der Waals surface area contributed by atoms with Crippen LogP contribution in [0.25, 0.3) is 0 Å². The second-order valence-electron chi connectivity index (χ2n) is 5.72. The lowest BCUT2D eigenvalue weighted by Crippen LogP contribution is -2.36. The smallest absolute Gasteiger partial charge is 0.227 e. The second kappa shape index (κ2) is 5.24. The molecule has 0 spiro atoms. The number of nitrogens with one attached hydrogen (secondary N) is 1. The summed E-state index contributed by atoms with van der Waals surface area (Å²) in [7, 11) is -3.09. The molecule has 2 heterocycles. The third kappa shape index (κ3) is 2.70. The molecule has 0 aliphatic carbocycles. The Bertz CT molecular complexity index is 762. The predicted molar refractivity (Wildman–Crippen MR) is 83.8 cm³/mol. The second-order valence-corrected chi connectivity index (χ2v) is 8.28. The van der Waals surface area contributed by atoms with Crippen molar-refractivity contribution in [2.75, 3.05) is 21.7 Å². The van der Waals surface area contributed by atoms with E-state index >= 15 is 0 Å². The highest BCUT2D eigenvalue weighted by atomic mass is 35.5. The molecule has 2 aliphatic rings. The van der Waals surface area contributed by atoms with Crippen molar-refractivity contribution in [1.29, 1.82) is 0 Å². The number of amides is 2. The van der Waals surface area contributed by atoms with Crippen molar-refractivity contribution < 1.29 is 18.0 Å². The van der Waals surface area contributed by atoms with Gasteiger partial charge >= 0.3 is 0 Å². The van der Waals surface area contributed by atoms with E-state index in [2.05, 4.69) is 5.32 Å². The van der Waals surface area contributed by atoms with Gasteiger partial charge in [-0.2, -0.15) is 0 Å². The summed E-state index contributed by atoms with van der Waals surface area (Å²) in [6, 6.07) is 4.55. The number of benzene rings is 1. The maximum Gasteiger partial charge on any atom is 0.227 e. The minimum Gasteiger partial charge on any atom is -0.325 e. The number of rotatable bonds is 2. The summed E-state index contributed by atoms with van der Waals surface area (Å²) < 4.78 is 23.5. The zero-order chi connectivity index (χ0) is 16.1. The first-order valence-corrected chi connectivity index (χ1v) is 9.06. The third-order valence-corrected chi connectivity index (χ3v) is 6.11. The molecule has 3 rings (SSSR count). The van der Waals surface area contributed by atoms with Crippen molar-refractivity contribution in [3.63, 3.8) is 0 Å². The maximum absolute atomic E-state index is 12.2. The van der Waals surface area contributed by atoms with Crippen molar-refractivity contribution in [3.05, 3.63) is 23.2 Å². The lowest BCUT2D eigenvalue weighted by atomic mass is 10.0. The Morgan fingerprint density at radius 1 is 1.36 bits per heavy atom. The molecule has 2 amide bonds. The van der Waals surface area contributed by atoms with E-state index in [0.29, 0.717) is 16.4 Å². The SMILES string of the molecule is CC(=O)Nc1ccc(N2C(=O)CC3CS(=O)(=O)CC32)cc1Cl. The van der Waals surface area contributed by atoms with E-state index in [1.54, 1.807) is 18.2 Å². The van der Waals surface area contributed by atoms with E-state index < -0.39 is 9.84 Å². The highest BCUT2D eigenvalue weighted by Crippen LogP contribution is 2.38. The molecule has 1 aromatic rings. The lowest BCUT2D eigenvalue weighted by Gasteiger charge is -2.24. The van der Waals surface area contributed by atoms with Crippen LogP contribution >= 0.6 is 11.6 Å². The number of carbonyl (C=O) groups is 2. The van der Waals surface area contributed by atoms with Gasteiger partial charge in [-0.25, -0.2) is 8.42 Å². The fraction of sp³-hybridized carbons (Fsp3) is 0.429. The number of carbonyl (C=O) groups excluding carboxylic acids is 2. The van der Waals surface area contributed by atoms with E-state index in [0.717, 1.165) is 0 Å². The molecule has 0 radical (unpaired) electrons. The predicted octanol–water partition coefficient (Wildman–Crippen LogP) is 1.45. The summed E-state index contributed by atoms with van der Waals surface area (Å²) in [5, 5.41) is 2.90. The summed E-state index contributed by atoms with van der Waals surface area (Å²) in [4.78, 5) is 24.8. The van der Waals surface area contributed by atoms with E-state index in [9.17, 15) is 18.0 Å². The molecule has 2 aliphatic heterocycles. The Balaban J connectivity index is 1.92. The average molecular weight is 343 g/mol. The van der Waals surface area contributed by atoms with Crippen molar-refractivity contribution in [2.24, 2.45) is 5.92 Å². The molecular formula is C14H15ClN2O4S. The lowest BCUT2D eigenvalue weighted by molar-refractivity contribution is -0.117. The maximum atomic E-state index is 12.2. The Labute approximate surface area is 133 Å². The minimum atomic E-state index is -3.09. The molecule has 2 fully saturated rings. The van der Waals surface area contributed by atoms with Crippen molar-refractivity contribution in [3.8, 4) is 0 Å². The zero-order valence-electron chi connectivity index (χ0n) is 11.9. The fourth-order valence-electron chi connectivity index (χ4n) is 3.17. The van der Waals surface area contributed by atoms with E-state index in [-0.39, 0.29) is 41.7 Å². The quantitative estimate of drug-likeness (QED) is 0.881. The van der Waals surface area contributed by atoms with Gasteiger partial charge in [-0.05, 0) is 18.2 Å². The van der Waals surface area contributed by atoms with E-state index in [1.807, 2.05) is 0 Å². The Morgan fingerprint density at radius 2 is 2.09 bits per heavy atom. The molecule has 2 unspecified atom stereocenters. The van der Waals surface area contributed by atoms with Gasteiger partial charge in [0.25, 0.3) is 0 Å². The first kappa shape index (κ1) is 15.3. The molecule has 22 heavy (non-hydrogen) atoms. The summed E-state index contributed by atoms with van der Waals surface area (Å²) in [5.74, 6) is -0.417. The number of halogens is 1. The normalized spacial score (nSPS) is 26.1. The number of hydrogen-bond donors (Lipinski definition) is 1. The van der Waals surface area contributed by atoms with Crippen molar-refractivity contribution in [1.82, 2.24) is 0 Å². The van der Waals surface area contributed by atoms with Crippen LogP contribution in [0.3, 0.4) is 0 Å². The molecule has 6 nitrogen and oxygen atoms in total. The first-order chi connectivity index (χ1) is 10.3. The summed E-state index contributed by atoms with van der Waals surface area (Å²) in [6.45, 7) is 1.38. The molecule has 2 atom stereocenters. The highest BCUT2D eigenvalue weighted by Gasteiger charge is 2.49. The molecule has 8 heteroatoms. The van der Waals surface area contributed by atoms with Crippen LogP contribution in [-0.2, 0) is 19.4 Å². The van der Waals surface area contributed by atoms with Gasteiger partial charge < -0.3 is 10.2 Å². The minimum absolute atomic E-state index is 0.00548. The van der Waals surface area contributed by atoms with Crippen molar-refractivity contribution >= 4 is 44.6 Å². The van der Waals surface area contributed by atoms with Crippen LogP contribution in [0, 0.1) is 5.92 Å². The molecular weight excluding hydrogens is 328 g/mol. The van der Waals surface area contributed by atoms with Gasteiger partial charge in [0.15, 0.2) is 9.84 Å². The first-order valence-electron chi connectivity index (χ1n) is 6.86. The van der Waals surface area contributed by atoms with Gasteiger partial charge in [-0.1, -0.05) is 11.6 Å². The van der Waals surface area contributed by atoms with Gasteiger partial charge in [0.2, 0.25) is 11.8 Å². The standard InChI is InChI=1S/C14H15ClN2O4S/c1-8(18)16-12-3-2-10(5-11(12)15)17-13-7-22(20,21)6-9(13)4-14(17)19/h2-3,5,9,13H,4,6-7H2,1H3,(H,16,18). The van der Waals surface area contributed by atoms with Crippen LogP contribution in [0.15, 0.2) is 18.2 Å². The molecule has 0 saturated carbocycles. The highest BCUT2D eigenvalue weighted by molar-refractivity contribution is 7.91. The van der Waals surface area contributed by atoms with Gasteiger partial charge in [0, 0.05) is 24.9 Å². The van der Waals surface area contributed by atoms with Gasteiger partial charge in [0.1, 0.15) is 0 Å². The summed E-state index contributed by atoms with van der Waals surface area (Å²) in [6.07, 6.45) is 0.245. The van der Waals surface area contributed by atoms with Crippen LogP contribution in [0.4, 0.5) is 11.4 Å². The van der Waals surface area contributed by atoms with Gasteiger partial charge in [-0.15, -0.1) is 0 Å². The van der Waals surface area contributed by atoms with Crippen LogP contribution in [0.5, 0.6) is 0 Å². The number of hydrogen-bond acceptors (Lipinski definition) is 4. The Kier molecular flexibility index (Phi) is 3.65. The molecule has 1 aromatic carbocycles. The van der Waals surface area contributed by atoms with E-state index in [4.69, 9.17) is 11.6 Å². The molecule has 2 saturated heterocycles. The molecule has 118 valence electrons. The monoisotopic (exact) mass is 342 g/mol. The van der Waals surface area contributed by atoms with Gasteiger partial charge in [-0.3, -0.25) is 9.59 Å². The molecule has 1 N–H and O–H groups in total. The number of fused-ring (bicyclic) bond motifs is 1. The summed E-state index contributed by atoms with van der Waals surface area (Å²) in [5.41, 5.74) is 1.02. The average Bonchev–Trinajstić information content (AvgIpc) is 2.81. The van der Waals surface area contributed by atoms with Gasteiger partial charge in [0.05, 0.1) is 28.3 Å². The number of sulfone groups is 1. The number of anilines is 2. The fourth-order valence-corrected chi connectivity index (χ4v) is 5.46. The molecule has 0 bridgehead atoms. The van der Waals surface area contributed by atoms with Crippen LogP contribution in [-0.4, -0.2) is 37.8 Å². The number of nitrogens with zero attached hydrogens (tertiary/aromatic N) is 1. The van der Waals surface area contributed by atoms with E-state index in [1.165, 1.54) is 11.8 Å².